The van der Waals surface area contributed by atoms with Gasteiger partial charge in [-0.25, -0.2) is 9.37 Å². The lowest BCUT2D eigenvalue weighted by atomic mass is 9.88. The largest absolute Gasteiger partial charge is 0.348 e. The smallest absolute Gasteiger partial charge is 0.270 e. The Hall–Kier alpha value is -3.33. The van der Waals surface area contributed by atoms with E-state index in [1.807, 2.05) is 12.3 Å². The first-order chi connectivity index (χ1) is 15.5. The van der Waals surface area contributed by atoms with Gasteiger partial charge in [0.25, 0.3) is 5.91 Å². The molecule has 0 bridgehead atoms. The normalized spacial score (nSPS) is 25.3. The summed E-state index contributed by atoms with van der Waals surface area (Å²) in [6.45, 7) is 2.07. The van der Waals surface area contributed by atoms with Crippen LogP contribution in [0.1, 0.15) is 60.1 Å². The average Bonchev–Trinajstić information content (AvgIpc) is 3.38. The molecule has 5 atom stereocenters. The molecule has 0 spiro atoms. The minimum absolute atomic E-state index is 0.0693. The molecular formula is C26H25FN4O. The summed E-state index contributed by atoms with van der Waals surface area (Å²) in [6.07, 6.45) is 7.67. The van der Waals surface area contributed by atoms with E-state index < -0.39 is 0 Å². The molecule has 3 aromatic rings. The SMILES string of the molecule is CC(NC(=O)c1ccc(C#N)cn1)[C@H]1C[C@H]2C[C@@H](c3ccnc4ccc(F)cc34)C[C@H]2C1. The van der Waals surface area contributed by atoms with Gasteiger partial charge in [-0.2, -0.15) is 5.26 Å². The molecule has 2 aliphatic carbocycles. The van der Waals surface area contributed by atoms with E-state index in [1.54, 1.807) is 24.3 Å². The van der Waals surface area contributed by atoms with Gasteiger partial charge in [-0.05, 0) is 98.2 Å². The molecule has 1 amide bonds. The van der Waals surface area contributed by atoms with E-state index in [4.69, 9.17) is 5.26 Å². The number of rotatable bonds is 4. The summed E-state index contributed by atoms with van der Waals surface area (Å²) in [5.41, 5.74) is 2.85. The molecule has 6 heteroatoms. The molecule has 1 aromatic carbocycles. The van der Waals surface area contributed by atoms with Crippen molar-refractivity contribution in [1.82, 2.24) is 15.3 Å². The van der Waals surface area contributed by atoms with Gasteiger partial charge in [0.1, 0.15) is 17.6 Å². The fraction of sp³-hybridized carbons (Fsp3) is 0.385. The summed E-state index contributed by atoms with van der Waals surface area (Å²) >= 11 is 0. The van der Waals surface area contributed by atoms with E-state index in [2.05, 4.69) is 28.3 Å². The summed E-state index contributed by atoms with van der Waals surface area (Å²) in [5, 5.41) is 12.9. The number of nitriles is 1. The Bertz CT molecular complexity index is 1190. The second-order valence-electron chi connectivity index (χ2n) is 9.29. The fourth-order valence-corrected chi connectivity index (χ4v) is 5.81. The second kappa shape index (κ2) is 8.31. The number of aromatic nitrogens is 2. The lowest BCUT2D eigenvalue weighted by Crippen LogP contribution is -2.37. The highest BCUT2D eigenvalue weighted by Gasteiger charge is 2.44. The van der Waals surface area contributed by atoms with Crippen molar-refractivity contribution in [2.24, 2.45) is 17.8 Å². The number of hydrogen-bond donors (Lipinski definition) is 1. The van der Waals surface area contributed by atoms with Crippen molar-refractivity contribution in [1.29, 1.82) is 5.26 Å². The number of hydrogen-bond acceptors (Lipinski definition) is 4. The third kappa shape index (κ3) is 3.84. The molecule has 32 heavy (non-hydrogen) atoms. The van der Waals surface area contributed by atoms with E-state index in [9.17, 15) is 9.18 Å². The Kier molecular flexibility index (Phi) is 5.34. The number of nitrogens with one attached hydrogen (secondary N) is 1. The molecule has 162 valence electrons. The predicted molar refractivity (Wildman–Crippen MR) is 119 cm³/mol. The Morgan fingerprint density at radius 2 is 1.91 bits per heavy atom. The van der Waals surface area contributed by atoms with Gasteiger partial charge in [0.2, 0.25) is 0 Å². The molecule has 1 unspecified atom stereocenters. The van der Waals surface area contributed by atoms with Crippen molar-refractivity contribution in [2.45, 2.75) is 44.6 Å². The zero-order valence-electron chi connectivity index (χ0n) is 18.0. The van der Waals surface area contributed by atoms with Gasteiger partial charge in [0, 0.05) is 23.8 Å². The van der Waals surface area contributed by atoms with E-state index >= 15 is 0 Å². The Balaban J connectivity index is 1.23. The monoisotopic (exact) mass is 428 g/mol. The molecule has 0 saturated heterocycles. The van der Waals surface area contributed by atoms with Crippen LogP contribution in [0.25, 0.3) is 10.9 Å². The van der Waals surface area contributed by atoms with Gasteiger partial charge in [0.05, 0.1) is 11.1 Å². The molecule has 0 aliphatic heterocycles. The zero-order valence-corrected chi connectivity index (χ0v) is 18.0. The van der Waals surface area contributed by atoms with E-state index in [-0.39, 0.29) is 17.8 Å². The third-order valence-corrected chi connectivity index (χ3v) is 7.42. The first kappa shape index (κ1) is 20.6. The number of halogens is 1. The second-order valence-corrected chi connectivity index (χ2v) is 9.29. The van der Waals surface area contributed by atoms with Gasteiger partial charge in [-0.15, -0.1) is 0 Å². The van der Waals surface area contributed by atoms with Crippen molar-refractivity contribution >= 4 is 16.8 Å². The minimum Gasteiger partial charge on any atom is -0.348 e. The molecular weight excluding hydrogens is 403 g/mol. The lowest BCUT2D eigenvalue weighted by molar-refractivity contribution is 0.0920. The van der Waals surface area contributed by atoms with Gasteiger partial charge in [0.15, 0.2) is 0 Å². The summed E-state index contributed by atoms with van der Waals surface area (Å²) in [6, 6.07) is 12.2. The number of amides is 1. The Morgan fingerprint density at radius 3 is 2.59 bits per heavy atom. The third-order valence-electron chi connectivity index (χ3n) is 7.42. The van der Waals surface area contributed by atoms with Crippen LogP contribution < -0.4 is 5.32 Å². The van der Waals surface area contributed by atoms with Crippen LogP contribution in [-0.2, 0) is 0 Å². The van der Waals surface area contributed by atoms with E-state index in [0.717, 1.165) is 36.6 Å². The first-order valence-electron chi connectivity index (χ1n) is 11.2. The summed E-state index contributed by atoms with van der Waals surface area (Å²) in [5.74, 6) is 1.74. The molecule has 2 saturated carbocycles. The van der Waals surface area contributed by atoms with Crippen molar-refractivity contribution in [2.75, 3.05) is 0 Å². The standard InChI is InChI=1S/C26H25FN4O/c1-15(31-26(32)25-4-2-16(13-28)14-30-25)17-8-18-10-20(11-19(18)9-17)22-6-7-29-24-5-3-21(27)12-23(22)24/h2-7,12,14-15,17-20H,8-11H2,1H3,(H,31,32)/t15?,17-,18-,19+,20+. The van der Waals surface area contributed by atoms with Crippen LogP contribution in [0.4, 0.5) is 4.39 Å². The molecule has 2 fully saturated rings. The molecule has 5 rings (SSSR count). The highest BCUT2D eigenvalue weighted by atomic mass is 19.1. The number of carbonyl (C=O) groups is 1. The maximum absolute atomic E-state index is 13.9. The summed E-state index contributed by atoms with van der Waals surface area (Å²) in [4.78, 5) is 21.0. The highest BCUT2D eigenvalue weighted by molar-refractivity contribution is 5.92. The molecule has 2 heterocycles. The van der Waals surface area contributed by atoms with Crippen molar-refractivity contribution in [3.63, 3.8) is 0 Å². The minimum atomic E-state index is -0.216. The van der Waals surface area contributed by atoms with E-state index in [0.29, 0.717) is 34.9 Å². The average molecular weight is 429 g/mol. The molecule has 2 aliphatic rings. The van der Waals surface area contributed by atoms with E-state index in [1.165, 1.54) is 17.8 Å². The maximum atomic E-state index is 13.9. The van der Waals surface area contributed by atoms with Crippen molar-refractivity contribution < 1.29 is 9.18 Å². The van der Waals surface area contributed by atoms with Crippen LogP contribution in [-0.4, -0.2) is 21.9 Å². The summed E-state index contributed by atoms with van der Waals surface area (Å²) in [7, 11) is 0. The van der Waals surface area contributed by atoms with Gasteiger partial charge < -0.3 is 5.32 Å². The first-order valence-corrected chi connectivity index (χ1v) is 11.2. The van der Waals surface area contributed by atoms with Crippen LogP contribution >= 0.6 is 0 Å². The topological polar surface area (TPSA) is 78.7 Å². The predicted octanol–water partition coefficient (Wildman–Crippen LogP) is 4.98. The van der Waals surface area contributed by atoms with Crippen LogP contribution in [0.3, 0.4) is 0 Å². The Labute approximate surface area is 186 Å². The number of benzene rings is 1. The van der Waals surface area contributed by atoms with Crippen LogP contribution in [0.15, 0.2) is 48.8 Å². The van der Waals surface area contributed by atoms with Crippen molar-refractivity contribution in [3.05, 3.63) is 71.4 Å². The van der Waals surface area contributed by atoms with Gasteiger partial charge in [-0.1, -0.05) is 0 Å². The zero-order chi connectivity index (χ0) is 22.2. The lowest BCUT2D eigenvalue weighted by Gasteiger charge is -2.22. The van der Waals surface area contributed by atoms with Crippen LogP contribution in [0.5, 0.6) is 0 Å². The fourth-order valence-electron chi connectivity index (χ4n) is 5.81. The van der Waals surface area contributed by atoms with Gasteiger partial charge >= 0.3 is 0 Å². The number of fused-ring (bicyclic) bond motifs is 2. The number of carbonyl (C=O) groups excluding carboxylic acids is 1. The molecule has 2 aromatic heterocycles. The van der Waals surface area contributed by atoms with Gasteiger partial charge in [-0.3, -0.25) is 9.78 Å². The molecule has 0 radical (unpaired) electrons. The Morgan fingerprint density at radius 1 is 1.12 bits per heavy atom. The number of nitrogens with zero attached hydrogens (tertiary/aromatic N) is 3. The quantitative estimate of drug-likeness (QED) is 0.636. The highest BCUT2D eigenvalue weighted by Crippen LogP contribution is 2.53. The molecule has 1 N–H and O–H groups in total. The van der Waals surface area contributed by atoms with Crippen molar-refractivity contribution in [3.8, 4) is 6.07 Å². The molecule has 5 nitrogen and oxygen atoms in total. The maximum Gasteiger partial charge on any atom is 0.270 e. The van der Waals surface area contributed by atoms with Crippen LogP contribution in [0, 0.1) is 34.9 Å². The summed E-state index contributed by atoms with van der Waals surface area (Å²) < 4.78 is 13.9. The van der Waals surface area contributed by atoms with Crippen LogP contribution in [0.2, 0.25) is 0 Å². The number of pyridine rings is 2.